The van der Waals surface area contributed by atoms with Crippen molar-refractivity contribution in [1.82, 2.24) is 0 Å². The van der Waals surface area contributed by atoms with Gasteiger partial charge in [-0.2, -0.15) is 0 Å². The first-order chi connectivity index (χ1) is 9.63. The third-order valence-electron chi connectivity index (χ3n) is 2.35. The first-order valence-corrected chi connectivity index (χ1v) is 8.08. The summed E-state index contributed by atoms with van der Waals surface area (Å²) >= 11 is 3.14. The summed E-state index contributed by atoms with van der Waals surface area (Å²) in [6.45, 7) is 2.29. The van der Waals surface area contributed by atoms with Gasteiger partial charge in [0.05, 0.1) is 12.3 Å². The molecule has 106 valence electrons. The third kappa shape index (κ3) is 4.90. The van der Waals surface area contributed by atoms with Crippen LogP contribution >= 0.6 is 23.5 Å². The van der Waals surface area contributed by atoms with Crippen molar-refractivity contribution in [3.05, 3.63) is 24.3 Å². The molecule has 2 amide bonds. The Balaban J connectivity index is 1.85. The van der Waals surface area contributed by atoms with E-state index in [0.29, 0.717) is 17.1 Å². The smallest absolute Gasteiger partial charge is 0.234 e. The molecule has 0 unspecified atom stereocenters. The van der Waals surface area contributed by atoms with E-state index in [-0.39, 0.29) is 11.8 Å². The Morgan fingerprint density at radius 1 is 1.35 bits per heavy atom. The van der Waals surface area contributed by atoms with Crippen LogP contribution in [-0.2, 0) is 9.59 Å². The second-order valence-corrected chi connectivity index (χ2v) is 6.40. The molecule has 0 bridgehead atoms. The number of amides is 2. The fourth-order valence-electron chi connectivity index (χ4n) is 1.61. The molecule has 1 heterocycles. The van der Waals surface area contributed by atoms with E-state index in [9.17, 15) is 9.59 Å². The van der Waals surface area contributed by atoms with Crippen LogP contribution in [0.1, 0.15) is 6.92 Å². The van der Waals surface area contributed by atoms with Crippen molar-refractivity contribution in [3.8, 4) is 0 Å². The lowest BCUT2D eigenvalue weighted by atomic mass is 10.2. The number of hydrogen-bond acceptors (Lipinski definition) is 5. The maximum Gasteiger partial charge on any atom is 0.234 e. The third-order valence-corrected chi connectivity index (χ3v) is 4.60. The topological polar surface area (TPSA) is 70.6 Å². The van der Waals surface area contributed by atoms with Crippen LogP contribution in [0.5, 0.6) is 0 Å². The number of carbonyl (C=O) groups excluding carboxylic acids is 2. The Kier molecular flexibility index (Phi) is 5.49. The lowest BCUT2D eigenvalue weighted by Crippen LogP contribution is -2.15. The van der Waals surface area contributed by atoms with Crippen molar-refractivity contribution in [1.29, 1.82) is 0 Å². The Morgan fingerprint density at radius 3 is 2.75 bits per heavy atom. The van der Waals surface area contributed by atoms with Gasteiger partial charge in [-0.15, -0.1) is 0 Å². The van der Waals surface area contributed by atoms with Gasteiger partial charge in [-0.05, 0) is 18.2 Å². The Hall–Kier alpha value is -1.47. The van der Waals surface area contributed by atoms with Gasteiger partial charge in [0.1, 0.15) is 4.38 Å². The minimum Gasteiger partial charge on any atom is -0.326 e. The monoisotopic (exact) mass is 309 g/mol. The summed E-state index contributed by atoms with van der Waals surface area (Å²) in [5.41, 5.74) is 1.33. The molecule has 5 nitrogen and oxygen atoms in total. The fourth-order valence-corrected chi connectivity index (χ4v) is 3.41. The number of thioether (sulfide) groups is 2. The molecule has 20 heavy (non-hydrogen) atoms. The van der Waals surface area contributed by atoms with E-state index in [1.54, 1.807) is 36.0 Å². The van der Waals surface area contributed by atoms with Gasteiger partial charge in [0.2, 0.25) is 11.8 Å². The molecule has 0 fully saturated rings. The summed E-state index contributed by atoms with van der Waals surface area (Å²) in [6.07, 6.45) is 0. The molecule has 1 aromatic rings. The molecule has 0 saturated carbocycles. The highest BCUT2D eigenvalue weighted by Crippen LogP contribution is 2.22. The van der Waals surface area contributed by atoms with Crippen molar-refractivity contribution in [2.24, 2.45) is 4.99 Å². The summed E-state index contributed by atoms with van der Waals surface area (Å²) in [7, 11) is 0. The minimum absolute atomic E-state index is 0.0785. The predicted octanol–water partition coefficient (Wildman–Crippen LogP) is 2.42. The zero-order chi connectivity index (χ0) is 14.4. The molecular formula is C13H15N3O2S2. The van der Waals surface area contributed by atoms with Gasteiger partial charge in [-0.25, -0.2) is 0 Å². The zero-order valence-electron chi connectivity index (χ0n) is 11.0. The maximum atomic E-state index is 11.8. The van der Waals surface area contributed by atoms with E-state index in [1.165, 1.54) is 18.7 Å². The predicted molar refractivity (Wildman–Crippen MR) is 86.6 cm³/mol. The van der Waals surface area contributed by atoms with Crippen molar-refractivity contribution < 1.29 is 9.59 Å². The van der Waals surface area contributed by atoms with Crippen molar-refractivity contribution >= 4 is 51.1 Å². The summed E-state index contributed by atoms with van der Waals surface area (Å²) in [5, 5.41) is 5.48. The van der Waals surface area contributed by atoms with Gasteiger partial charge in [0.25, 0.3) is 0 Å². The first-order valence-electron chi connectivity index (χ1n) is 6.11. The lowest BCUT2D eigenvalue weighted by Gasteiger charge is -2.07. The summed E-state index contributed by atoms with van der Waals surface area (Å²) in [5.74, 6) is 1.13. The molecule has 2 rings (SSSR count). The minimum atomic E-state index is -0.139. The second-order valence-electron chi connectivity index (χ2n) is 4.09. The van der Waals surface area contributed by atoms with Gasteiger partial charge in [0, 0.05) is 24.1 Å². The number of carbonyl (C=O) groups is 2. The van der Waals surface area contributed by atoms with Crippen LogP contribution in [0.2, 0.25) is 0 Å². The van der Waals surface area contributed by atoms with Gasteiger partial charge in [-0.3, -0.25) is 14.6 Å². The Bertz CT molecular complexity index is 546. The van der Waals surface area contributed by atoms with E-state index >= 15 is 0 Å². The molecule has 0 aromatic heterocycles. The van der Waals surface area contributed by atoms with E-state index < -0.39 is 0 Å². The molecule has 7 heteroatoms. The average molecular weight is 309 g/mol. The zero-order valence-corrected chi connectivity index (χ0v) is 12.6. The molecule has 0 radical (unpaired) electrons. The van der Waals surface area contributed by atoms with Gasteiger partial charge in [0.15, 0.2) is 0 Å². The molecule has 0 saturated heterocycles. The summed E-state index contributed by atoms with van der Waals surface area (Å²) in [6, 6.07) is 7.07. The SMILES string of the molecule is CC(=O)Nc1cccc(NC(=O)CSC2=NCCS2)c1. The van der Waals surface area contributed by atoms with Crippen LogP contribution < -0.4 is 10.6 Å². The number of nitrogens with one attached hydrogen (secondary N) is 2. The summed E-state index contributed by atoms with van der Waals surface area (Å²) < 4.78 is 0.979. The number of nitrogens with zero attached hydrogens (tertiary/aromatic N) is 1. The van der Waals surface area contributed by atoms with Crippen LogP contribution in [0.15, 0.2) is 29.3 Å². The second kappa shape index (κ2) is 7.35. The van der Waals surface area contributed by atoms with Crippen molar-refractivity contribution in [2.45, 2.75) is 6.92 Å². The molecule has 1 aromatic carbocycles. The Labute approximate surface area is 126 Å². The van der Waals surface area contributed by atoms with Crippen LogP contribution in [0.3, 0.4) is 0 Å². The number of rotatable bonds is 4. The van der Waals surface area contributed by atoms with Gasteiger partial charge < -0.3 is 10.6 Å². The molecule has 1 aliphatic heterocycles. The van der Waals surface area contributed by atoms with Gasteiger partial charge >= 0.3 is 0 Å². The van der Waals surface area contributed by atoms with E-state index in [1.807, 2.05) is 0 Å². The fraction of sp³-hybridized carbons (Fsp3) is 0.308. The highest BCUT2D eigenvalue weighted by Gasteiger charge is 2.10. The maximum absolute atomic E-state index is 11.8. The van der Waals surface area contributed by atoms with E-state index in [0.717, 1.165) is 16.7 Å². The van der Waals surface area contributed by atoms with Crippen LogP contribution in [0.25, 0.3) is 0 Å². The molecule has 0 atom stereocenters. The number of aliphatic imine (C=N–C) groups is 1. The highest BCUT2D eigenvalue weighted by molar-refractivity contribution is 8.39. The molecule has 0 spiro atoms. The largest absolute Gasteiger partial charge is 0.326 e. The van der Waals surface area contributed by atoms with Crippen LogP contribution in [0, 0.1) is 0 Å². The Morgan fingerprint density at radius 2 is 2.10 bits per heavy atom. The molecule has 1 aliphatic rings. The number of anilines is 2. The van der Waals surface area contributed by atoms with Crippen molar-refractivity contribution in [2.75, 3.05) is 28.7 Å². The van der Waals surface area contributed by atoms with Crippen LogP contribution in [-0.4, -0.2) is 34.2 Å². The quantitative estimate of drug-likeness (QED) is 0.896. The molecule has 0 aliphatic carbocycles. The van der Waals surface area contributed by atoms with Crippen molar-refractivity contribution in [3.63, 3.8) is 0 Å². The number of hydrogen-bond donors (Lipinski definition) is 2. The molecular weight excluding hydrogens is 294 g/mol. The standard InChI is InChI=1S/C13H15N3O2S2/c1-9(17)15-10-3-2-4-11(7-10)16-12(18)8-20-13-14-5-6-19-13/h2-4,7H,5-6,8H2,1H3,(H,15,17)(H,16,18). The van der Waals surface area contributed by atoms with Crippen LogP contribution in [0.4, 0.5) is 11.4 Å². The normalized spacial score (nSPS) is 13.8. The lowest BCUT2D eigenvalue weighted by molar-refractivity contribution is -0.114. The van der Waals surface area contributed by atoms with E-state index in [4.69, 9.17) is 0 Å². The number of benzene rings is 1. The highest BCUT2D eigenvalue weighted by atomic mass is 32.2. The summed E-state index contributed by atoms with van der Waals surface area (Å²) in [4.78, 5) is 27.1. The van der Waals surface area contributed by atoms with E-state index in [2.05, 4.69) is 15.6 Å². The first kappa shape index (κ1) is 14.9. The van der Waals surface area contributed by atoms with Gasteiger partial charge in [-0.1, -0.05) is 29.6 Å². The molecule has 2 N–H and O–H groups in total. The average Bonchev–Trinajstić information content (AvgIpc) is 2.89.